The molecular weight excluding hydrogens is 407 g/mol. The smallest absolute Gasteiger partial charge is 0.258 e. The van der Waals surface area contributed by atoms with Gasteiger partial charge in [-0.05, 0) is 43.7 Å². The minimum Gasteiger partial charge on any atom is -0.315 e. The van der Waals surface area contributed by atoms with E-state index in [0.717, 1.165) is 18.3 Å². The molecule has 0 unspecified atom stereocenters. The van der Waals surface area contributed by atoms with Crippen LogP contribution in [-0.2, 0) is 16.6 Å². The summed E-state index contributed by atoms with van der Waals surface area (Å²) in [4.78, 5) is 16.9. The summed E-state index contributed by atoms with van der Waals surface area (Å²) in [5, 5.41) is 3.08. The van der Waals surface area contributed by atoms with Crippen molar-refractivity contribution in [2.45, 2.75) is 30.8 Å². The summed E-state index contributed by atoms with van der Waals surface area (Å²) in [6.45, 7) is 3.54. The van der Waals surface area contributed by atoms with Crippen LogP contribution in [0.15, 0.2) is 58.6 Å². The molecule has 3 heterocycles. The number of sulfonamides is 1. The zero-order chi connectivity index (χ0) is 21.3. The van der Waals surface area contributed by atoms with Crippen LogP contribution in [0.25, 0.3) is 10.8 Å². The predicted octanol–water partition coefficient (Wildman–Crippen LogP) is 1.96. The van der Waals surface area contributed by atoms with E-state index >= 15 is 4.39 Å². The van der Waals surface area contributed by atoms with Gasteiger partial charge in [-0.15, -0.1) is 0 Å². The minimum absolute atomic E-state index is 0.0422. The topological polar surface area (TPSA) is 84.3 Å². The first-order chi connectivity index (χ1) is 14.4. The molecule has 3 aromatic rings. The molecule has 9 heteroatoms. The maximum atomic E-state index is 15.2. The van der Waals surface area contributed by atoms with Crippen molar-refractivity contribution in [1.82, 2.24) is 19.2 Å². The number of halogens is 1. The standard InChI is InChI=1S/C21H23FN4O3S/c1-15-11-23-9-4-10-26(15)30(28,29)19-7-2-6-17-20(19)18(22)14-25(21(17)27)13-16-5-3-8-24-12-16/h2-3,5-8,12,14-15,23H,4,9-11,13H2,1H3/t15-/m1/s1. The van der Waals surface area contributed by atoms with E-state index in [2.05, 4.69) is 10.3 Å². The van der Waals surface area contributed by atoms with Crippen LogP contribution >= 0.6 is 0 Å². The van der Waals surface area contributed by atoms with Crippen LogP contribution in [0.2, 0.25) is 0 Å². The van der Waals surface area contributed by atoms with E-state index in [1.165, 1.54) is 27.1 Å². The third-order valence-electron chi connectivity index (χ3n) is 5.35. The number of hydrogen-bond acceptors (Lipinski definition) is 5. The Morgan fingerprint density at radius 2 is 2.10 bits per heavy atom. The lowest BCUT2D eigenvalue weighted by Gasteiger charge is -2.26. The van der Waals surface area contributed by atoms with Crippen LogP contribution in [-0.4, -0.2) is 48.0 Å². The highest BCUT2D eigenvalue weighted by Crippen LogP contribution is 2.28. The second kappa shape index (κ2) is 8.25. The fraction of sp³-hybridized carbons (Fsp3) is 0.333. The summed E-state index contributed by atoms with van der Waals surface area (Å²) in [5.41, 5.74) is 0.297. The first kappa shape index (κ1) is 20.6. The van der Waals surface area contributed by atoms with Crippen molar-refractivity contribution in [2.24, 2.45) is 0 Å². The summed E-state index contributed by atoms with van der Waals surface area (Å²) in [7, 11) is -3.98. The van der Waals surface area contributed by atoms with Crippen molar-refractivity contribution in [3.63, 3.8) is 0 Å². The van der Waals surface area contributed by atoms with Crippen molar-refractivity contribution in [1.29, 1.82) is 0 Å². The van der Waals surface area contributed by atoms with Gasteiger partial charge < -0.3 is 9.88 Å². The van der Waals surface area contributed by atoms with E-state index in [9.17, 15) is 13.2 Å². The second-order valence-corrected chi connectivity index (χ2v) is 9.33. The maximum Gasteiger partial charge on any atom is 0.258 e. The number of nitrogens with zero attached hydrogens (tertiary/aromatic N) is 3. The third kappa shape index (κ3) is 3.76. The molecule has 0 aliphatic carbocycles. The van der Waals surface area contributed by atoms with Gasteiger partial charge in [0.1, 0.15) is 5.82 Å². The van der Waals surface area contributed by atoms with Crippen LogP contribution in [0.4, 0.5) is 4.39 Å². The van der Waals surface area contributed by atoms with Gasteiger partial charge in [0.15, 0.2) is 0 Å². The molecule has 2 aromatic heterocycles. The average Bonchev–Trinajstić information content (AvgIpc) is 2.97. The lowest BCUT2D eigenvalue weighted by Crippen LogP contribution is -2.41. The first-order valence-corrected chi connectivity index (χ1v) is 11.3. The van der Waals surface area contributed by atoms with Gasteiger partial charge in [-0.1, -0.05) is 12.1 Å². The summed E-state index contributed by atoms with van der Waals surface area (Å²) >= 11 is 0. The lowest BCUT2D eigenvalue weighted by molar-refractivity contribution is 0.353. The minimum atomic E-state index is -3.98. The van der Waals surface area contributed by atoms with Crippen LogP contribution < -0.4 is 10.9 Å². The number of hydrogen-bond donors (Lipinski definition) is 1. The molecular formula is C21H23FN4O3S. The van der Waals surface area contributed by atoms with Crippen molar-refractivity contribution in [3.8, 4) is 0 Å². The molecule has 4 rings (SSSR count). The Morgan fingerprint density at radius 1 is 1.27 bits per heavy atom. The van der Waals surface area contributed by atoms with Crippen molar-refractivity contribution in [2.75, 3.05) is 19.6 Å². The highest BCUT2D eigenvalue weighted by atomic mass is 32.2. The van der Waals surface area contributed by atoms with E-state index in [0.29, 0.717) is 19.5 Å². The Kier molecular flexibility index (Phi) is 5.68. The lowest BCUT2D eigenvalue weighted by atomic mass is 10.1. The van der Waals surface area contributed by atoms with E-state index in [1.807, 2.05) is 6.92 Å². The Balaban J connectivity index is 1.84. The van der Waals surface area contributed by atoms with Crippen molar-refractivity contribution in [3.05, 3.63) is 70.7 Å². The zero-order valence-electron chi connectivity index (χ0n) is 16.6. The largest absolute Gasteiger partial charge is 0.315 e. The molecule has 0 radical (unpaired) electrons. The molecule has 158 valence electrons. The number of fused-ring (bicyclic) bond motifs is 1. The van der Waals surface area contributed by atoms with Gasteiger partial charge in [0.25, 0.3) is 5.56 Å². The monoisotopic (exact) mass is 430 g/mol. The molecule has 1 atom stereocenters. The second-order valence-electron chi connectivity index (χ2n) is 7.47. The number of nitrogens with one attached hydrogen (secondary N) is 1. The molecule has 30 heavy (non-hydrogen) atoms. The van der Waals surface area contributed by atoms with E-state index < -0.39 is 21.4 Å². The number of rotatable bonds is 4. The van der Waals surface area contributed by atoms with Crippen LogP contribution in [0.5, 0.6) is 0 Å². The van der Waals surface area contributed by atoms with Gasteiger partial charge in [0.2, 0.25) is 10.0 Å². The number of aromatic nitrogens is 2. The molecule has 1 aliphatic heterocycles. The maximum absolute atomic E-state index is 15.2. The van der Waals surface area contributed by atoms with Gasteiger partial charge >= 0.3 is 0 Å². The van der Waals surface area contributed by atoms with E-state index in [1.54, 1.807) is 24.5 Å². The normalized spacial score (nSPS) is 18.4. The van der Waals surface area contributed by atoms with E-state index in [4.69, 9.17) is 0 Å². The SMILES string of the molecule is C[C@@H]1CNCCCN1S(=O)(=O)c1cccc2c(=O)n(Cc3cccnc3)cc(F)c12. The number of pyridine rings is 2. The van der Waals surface area contributed by atoms with Gasteiger partial charge in [0.05, 0.1) is 16.8 Å². The summed E-state index contributed by atoms with van der Waals surface area (Å²) in [6, 6.07) is 7.58. The van der Waals surface area contributed by atoms with Crippen LogP contribution in [0, 0.1) is 5.82 Å². The van der Waals surface area contributed by atoms with Gasteiger partial charge in [0, 0.05) is 43.1 Å². The Morgan fingerprint density at radius 3 is 2.87 bits per heavy atom. The molecule has 0 saturated carbocycles. The molecule has 7 nitrogen and oxygen atoms in total. The Labute approximate surface area is 174 Å². The summed E-state index contributed by atoms with van der Waals surface area (Å²) < 4.78 is 44.7. The first-order valence-electron chi connectivity index (χ1n) is 9.82. The molecule has 1 saturated heterocycles. The Bertz CT molecular complexity index is 1230. The van der Waals surface area contributed by atoms with Crippen LogP contribution in [0.3, 0.4) is 0 Å². The fourth-order valence-corrected chi connectivity index (χ4v) is 5.75. The summed E-state index contributed by atoms with van der Waals surface area (Å²) in [6.07, 6.45) is 4.95. The highest BCUT2D eigenvalue weighted by molar-refractivity contribution is 7.89. The average molecular weight is 431 g/mol. The third-order valence-corrected chi connectivity index (χ3v) is 7.41. The van der Waals surface area contributed by atoms with E-state index in [-0.39, 0.29) is 28.3 Å². The molecule has 0 amide bonds. The molecule has 1 aliphatic rings. The zero-order valence-corrected chi connectivity index (χ0v) is 17.4. The van der Waals surface area contributed by atoms with Crippen molar-refractivity contribution >= 4 is 20.8 Å². The van der Waals surface area contributed by atoms with Gasteiger partial charge in [-0.3, -0.25) is 9.78 Å². The highest BCUT2D eigenvalue weighted by Gasteiger charge is 2.32. The molecule has 1 aromatic carbocycles. The summed E-state index contributed by atoms with van der Waals surface area (Å²) in [5.74, 6) is -0.742. The fourth-order valence-electron chi connectivity index (χ4n) is 3.87. The molecule has 1 N–H and O–H groups in total. The molecule has 0 bridgehead atoms. The molecule has 0 spiro atoms. The number of benzene rings is 1. The Hall–Kier alpha value is -2.62. The predicted molar refractivity (Wildman–Crippen MR) is 112 cm³/mol. The van der Waals surface area contributed by atoms with Gasteiger partial charge in [-0.25, -0.2) is 12.8 Å². The van der Waals surface area contributed by atoms with Crippen LogP contribution in [0.1, 0.15) is 18.9 Å². The van der Waals surface area contributed by atoms with Gasteiger partial charge in [-0.2, -0.15) is 4.31 Å². The quantitative estimate of drug-likeness (QED) is 0.684. The molecule has 1 fully saturated rings. The van der Waals surface area contributed by atoms with Crippen molar-refractivity contribution < 1.29 is 12.8 Å².